The average Bonchev–Trinajstić information content (AvgIpc) is 1.97. The van der Waals surface area contributed by atoms with Gasteiger partial charge in [-0.3, -0.25) is 0 Å². The Morgan fingerprint density at radius 2 is 1.00 bits per heavy atom. The van der Waals surface area contributed by atoms with Crippen molar-refractivity contribution in [3.63, 3.8) is 0 Å². The third-order valence-corrected chi connectivity index (χ3v) is 2.99. The molecular weight excluding hydrogens is 317 g/mol. The zero-order chi connectivity index (χ0) is 8.59. The molecule has 0 aliphatic rings. The monoisotopic (exact) mass is 313 g/mol. The van der Waals surface area contributed by atoms with E-state index in [0.29, 0.717) is 0 Å². The van der Waals surface area contributed by atoms with Crippen LogP contribution in [0.3, 0.4) is 0 Å². The standard InChI is InChI=1S/C5Cl5N.Zn/c6-1-2(7)4(9)11-5(10)3(1)8;. The summed E-state index contributed by atoms with van der Waals surface area (Å²) in [5, 5.41) is 0.445. The van der Waals surface area contributed by atoms with Crippen LogP contribution in [0.5, 0.6) is 0 Å². The van der Waals surface area contributed by atoms with Gasteiger partial charge in [-0.05, 0) is 0 Å². The van der Waals surface area contributed by atoms with Crippen LogP contribution in [0, 0.1) is 0 Å². The van der Waals surface area contributed by atoms with Crippen LogP contribution < -0.4 is 0 Å². The minimum Gasteiger partial charge on any atom is -0.221 e. The van der Waals surface area contributed by atoms with Gasteiger partial charge in [-0.25, -0.2) is 4.98 Å². The van der Waals surface area contributed by atoms with E-state index in [1.54, 1.807) is 0 Å². The van der Waals surface area contributed by atoms with Crippen LogP contribution in [0.2, 0.25) is 25.4 Å². The maximum atomic E-state index is 5.62. The van der Waals surface area contributed by atoms with Crippen molar-refractivity contribution in [2.75, 3.05) is 0 Å². The molecule has 0 atom stereocenters. The Labute approximate surface area is 107 Å². The molecule has 1 heterocycles. The van der Waals surface area contributed by atoms with Crippen LogP contribution in [-0.2, 0) is 19.5 Å². The fraction of sp³-hybridized carbons (Fsp3) is 0. The van der Waals surface area contributed by atoms with Crippen LogP contribution in [0.1, 0.15) is 0 Å². The molecule has 1 aromatic rings. The van der Waals surface area contributed by atoms with Crippen molar-refractivity contribution >= 4 is 58.0 Å². The van der Waals surface area contributed by atoms with E-state index in [4.69, 9.17) is 58.0 Å². The van der Waals surface area contributed by atoms with E-state index < -0.39 is 0 Å². The Bertz CT molecular complexity index is 276. The Kier molecular flexibility index (Phi) is 5.72. The van der Waals surface area contributed by atoms with Gasteiger partial charge in [0.15, 0.2) is 10.3 Å². The molecule has 0 saturated carbocycles. The van der Waals surface area contributed by atoms with Crippen molar-refractivity contribution in [3.05, 3.63) is 25.4 Å². The number of rotatable bonds is 0. The summed E-state index contributed by atoms with van der Waals surface area (Å²) in [4.78, 5) is 3.62. The molecule has 0 saturated heterocycles. The summed E-state index contributed by atoms with van der Waals surface area (Å²) in [5.41, 5.74) is 0. The van der Waals surface area contributed by atoms with Gasteiger partial charge in [-0.1, -0.05) is 58.0 Å². The van der Waals surface area contributed by atoms with Crippen LogP contribution in [0.4, 0.5) is 0 Å². The predicted octanol–water partition coefficient (Wildman–Crippen LogP) is 4.35. The summed E-state index contributed by atoms with van der Waals surface area (Å²) in [6.07, 6.45) is 0. The number of aromatic nitrogens is 1. The molecule has 12 heavy (non-hydrogen) atoms. The molecule has 1 nitrogen and oxygen atoms in total. The van der Waals surface area contributed by atoms with E-state index in [1.165, 1.54) is 0 Å². The van der Waals surface area contributed by atoms with Gasteiger partial charge in [0.05, 0.1) is 15.1 Å². The molecule has 0 amide bonds. The fourth-order valence-electron chi connectivity index (χ4n) is 0.462. The summed E-state index contributed by atoms with van der Waals surface area (Å²) < 4.78 is 0. The summed E-state index contributed by atoms with van der Waals surface area (Å²) in [6.45, 7) is 0. The Hall–Kier alpha value is 1.22. The van der Waals surface area contributed by atoms with Gasteiger partial charge in [0.2, 0.25) is 0 Å². The molecular formula is C5Cl5NZn. The van der Waals surface area contributed by atoms with Crippen LogP contribution >= 0.6 is 58.0 Å². The third kappa shape index (κ3) is 2.60. The Morgan fingerprint density at radius 1 is 0.667 bits per heavy atom. The van der Waals surface area contributed by atoms with Gasteiger partial charge in [-0.2, -0.15) is 0 Å². The molecule has 1 aromatic heterocycles. The molecule has 1 rings (SSSR count). The van der Waals surface area contributed by atoms with Crippen molar-refractivity contribution in [1.29, 1.82) is 0 Å². The van der Waals surface area contributed by atoms with Crippen LogP contribution in [0.25, 0.3) is 0 Å². The Balaban J connectivity index is 0.00000121. The quantitative estimate of drug-likeness (QED) is 0.512. The molecule has 0 N–H and O–H groups in total. The van der Waals surface area contributed by atoms with E-state index in [2.05, 4.69) is 4.98 Å². The Morgan fingerprint density at radius 3 is 1.33 bits per heavy atom. The smallest absolute Gasteiger partial charge is 0.151 e. The molecule has 0 spiro atoms. The topological polar surface area (TPSA) is 12.9 Å². The first-order valence-electron chi connectivity index (χ1n) is 2.39. The maximum Gasteiger partial charge on any atom is 0.151 e. The van der Waals surface area contributed by atoms with E-state index in [1.807, 2.05) is 0 Å². The minimum atomic E-state index is 0. The largest absolute Gasteiger partial charge is 0.221 e. The summed E-state index contributed by atoms with van der Waals surface area (Å²) in [5.74, 6) is 0. The molecule has 7 heteroatoms. The van der Waals surface area contributed by atoms with Crippen LogP contribution in [-0.4, -0.2) is 4.98 Å². The predicted molar refractivity (Wildman–Crippen MR) is 49.3 cm³/mol. The summed E-state index contributed by atoms with van der Waals surface area (Å²) in [6, 6.07) is 0. The first kappa shape index (κ1) is 13.2. The van der Waals surface area contributed by atoms with Gasteiger partial charge in [0.25, 0.3) is 0 Å². The number of hydrogen-bond acceptors (Lipinski definition) is 1. The molecule has 0 fully saturated rings. The summed E-state index contributed by atoms with van der Waals surface area (Å²) in [7, 11) is 0. The number of pyridine rings is 1. The molecule has 0 unspecified atom stereocenters. The second-order valence-corrected chi connectivity index (χ2v) is 3.49. The second-order valence-electron chi connectivity index (χ2n) is 1.64. The van der Waals surface area contributed by atoms with Gasteiger partial charge in [0, 0.05) is 19.5 Å². The van der Waals surface area contributed by atoms with E-state index in [9.17, 15) is 0 Å². The van der Waals surface area contributed by atoms with Gasteiger partial charge in [0.1, 0.15) is 0 Å². The summed E-state index contributed by atoms with van der Waals surface area (Å²) >= 11 is 27.8. The number of nitrogens with zero attached hydrogens (tertiary/aromatic N) is 1. The maximum absolute atomic E-state index is 5.62. The zero-order valence-electron chi connectivity index (χ0n) is 5.54. The van der Waals surface area contributed by atoms with Crippen molar-refractivity contribution in [2.45, 2.75) is 0 Å². The molecule has 0 radical (unpaired) electrons. The van der Waals surface area contributed by atoms with Crippen molar-refractivity contribution in [3.8, 4) is 0 Å². The normalized spacial score (nSPS) is 9.42. The van der Waals surface area contributed by atoms with Crippen molar-refractivity contribution < 1.29 is 19.5 Å². The SMILES string of the molecule is Clc1nc(Cl)c(Cl)c(Cl)c1Cl.[Zn]. The van der Waals surface area contributed by atoms with Crippen molar-refractivity contribution in [1.82, 2.24) is 4.98 Å². The third-order valence-electron chi connectivity index (χ3n) is 0.944. The van der Waals surface area contributed by atoms with Gasteiger partial charge < -0.3 is 0 Å². The minimum absolute atomic E-state index is 0. The van der Waals surface area contributed by atoms with E-state index in [0.717, 1.165) is 0 Å². The number of halogens is 5. The molecule has 0 bridgehead atoms. The average molecular weight is 317 g/mol. The van der Waals surface area contributed by atoms with Crippen LogP contribution in [0.15, 0.2) is 0 Å². The zero-order valence-corrected chi connectivity index (χ0v) is 12.3. The van der Waals surface area contributed by atoms with Gasteiger partial charge in [-0.15, -0.1) is 0 Å². The van der Waals surface area contributed by atoms with Gasteiger partial charge >= 0.3 is 0 Å². The van der Waals surface area contributed by atoms with Crippen molar-refractivity contribution in [2.24, 2.45) is 0 Å². The molecule has 0 aliphatic heterocycles. The molecule has 0 aliphatic carbocycles. The molecule has 0 aromatic carbocycles. The fourth-order valence-corrected chi connectivity index (χ4v) is 1.46. The van der Waals surface area contributed by atoms with E-state index in [-0.39, 0.29) is 44.9 Å². The van der Waals surface area contributed by atoms with E-state index >= 15 is 0 Å². The second kappa shape index (κ2) is 5.19. The number of hydrogen-bond donors (Lipinski definition) is 0. The first-order chi connectivity index (χ1) is 5.04. The first-order valence-corrected chi connectivity index (χ1v) is 4.28. The molecule has 62 valence electrons.